The molecular formula is C14H14N2O2S. The fourth-order valence-corrected chi connectivity index (χ4v) is 3.36. The number of carbonyl (C=O) groups excluding carboxylic acids is 2. The van der Waals surface area contributed by atoms with E-state index in [0.717, 1.165) is 5.56 Å². The van der Waals surface area contributed by atoms with Crippen molar-refractivity contribution in [2.75, 3.05) is 7.05 Å². The van der Waals surface area contributed by atoms with Crippen molar-refractivity contribution in [3.63, 3.8) is 0 Å². The van der Waals surface area contributed by atoms with Crippen molar-refractivity contribution in [2.24, 2.45) is 0 Å². The van der Waals surface area contributed by atoms with Gasteiger partial charge < -0.3 is 4.90 Å². The first-order valence-electron chi connectivity index (χ1n) is 6.14. The Labute approximate surface area is 116 Å². The van der Waals surface area contributed by atoms with Crippen LogP contribution in [-0.2, 0) is 16.1 Å². The first-order chi connectivity index (χ1) is 9.16. The number of carbonyl (C=O) groups is 2. The molecule has 0 aromatic heterocycles. The maximum Gasteiger partial charge on any atom is 0.271 e. The molecule has 5 heteroatoms. The minimum Gasteiger partial charge on any atom is -0.336 e. The minimum absolute atomic E-state index is 0.0442. The molecule has 1 saturated heterocycles. The molecular weight excluding hydrogens is 260 g/mol. The summed E-state index contributed by atoms with van der Waals surface area (Å²) in [5.74, 6) is -0.0467. The van der Waals surface area contributed by atoms with Crippen LogP contribution < -0.4 is 0 Å². The van der Waals surface area contributed by atoms with Crippen molar-refractivity contribution in [2.45, 2.75) is 18.3 Å². The van der Waals surface area contributed by atoms with Gasteiger partial charge in [0, 0.05) is 19.0 Å². The molecule has 0 unspecified atom stereocenters. The van der Waals surface area contributed by atoms with E-state index in [9.17, 15) is 9.59 Å². The molecule has 0 saturated carbocycles. The van der Waals surface area contributed by atoms with E-state index in [-0.39, 0.29) is 17.2 Å². The monoisotopic (exact) mass is 274 g/mol. The van der Waals surface area contributed by atoms with Gasteiger partial charge in [-0.15, -0.1) is 11.8 Å². The summed E-state index contributed by atoms with van der Waals surface area (Å²) in [6.07, 6.45) is 0.542. The van der Waals surface area contributed by atoms with Gasteiger partial charge in [-0.25, -0.2) is 0 Å². The highest BCUT2D eigenvalue weighted by molar-refractivity contribution is 8.03. The minimum atomic E-state index is -0.0908. The van der Waals surface area contributed by atoms with Crippen LogP contribution in [0.25, 0.3) is 0 Å². The van der Waals surface area contributed by atoms with Crippen LogP contribution in [0.4, 0.5) is 0 Å². The third-order valence-corrected chi connectivity index (χ3v) is 4.38. The standard InChI is InChI=1S/C14H14N2O2S/c1-15(8-10-5-3-2-4-6-10)14(18)11-9-19-13-7-12(17)16(11)13/h2-6,9,13H,7-8H2,1H3/t13-/m1/s1. The molecule has 0 N–H and O–H groups in total. The topological polar surface area (TPSA) is 40.6 Å². The highest BCUT2D eigenvalue weighted by Gasteiger charge is 2.45. The van der Waals surface area contributed by atoms with E-state index in [4.69, 9.17) is 0 Å². The molecule has 0 bridgehead atoms. The van der Waals surface area contributed by atoms with Crippen LogP contribution in [0, 0.1) is 0 Å². The summed E-state index contributed by atoms with van der Waals surface area (Å²) >= 11 is 1.55. The maximum absolute atomic E-state index is 12.3. The van der Waals surface area contributed by atoms with Gasteiger partial charge in [0.15, 0.2) is 0 Å². The lowest BCUT2D eigenvalue weighted by Gasteiger charge is -2.36. The first kappa shape index (κ1) is 12.3. The lowest BCUT2D eigenvalue weighted by Crippen LogP contribution is -2.50. The Bertz CT molecular complexity index is 556. The number of likely N-dealkylation sites (N-methyl/N-ethyl adjacent to an activating group) is 1. The summed E-state index contributed by atoms with van der Waals surface area (Å²) in [4.78, 5) is 27.1. The molecule has 1 fully saturated rings. The van der Waals surface area contributed by atoms with Crippen LogP contribution in [0.2, 0.25) is 0 Å². The molecule has 0 aliphatic carbocycles. The number of benzene rings is 1. The Balaban J connectivity index is 1.69. The number of thioether (sulfide) groups is 1. The molecule has 19 heavy (non-hydrogen) atoms. The van der Waals surface area contributed by atoms with Crippen molar-refractivity contribution >= 4 is 23.6 Å². The zero-order chi connectivity index (χ0) is 13.4. The largest absolute Gasteiger partial charge is 0.336 e. The highest BCUT2D eigenvalue weighted by atomic mass is 32.2. The molecule has 2 amide bonds. The number of hydrogen-bond donors (Lipinski definition) is 0. The van der Waals surface area contributed by atoms with Gasteiger partial charge in [0.25, 0.3) is 5.91 Å². The molecule has 4 nitrogen and oxygen atoms in total. The van der Waals surface area contributed by atoms with Gasteiger partial charge in [0.05, 0.1) is 11.8 Å². The van der Waals surface area contributed by atoms with Crippen molar-refractivity contribution in [1.82, 2.24) is 9.80 Å². The Kier molecular flexibility index (Phi) is 3.06. The molecule has 2 aliphatic heterocycles. The third-order valence-electron chi connectivity index (χ3n) is 3.33. The highest BCUT2D eigenvalue weighted by Crippen LogP contribution is 2.41. The summed E-state index contributed by atoms with van der Waals surface area (Å²) in [5.41, 5.74) is 1.60. The van der Waals surface area contributed by atoms with E-state index in [1.165, 1.54) is 0 Å². The van der Waals surface area contributed by atoms with E-state index in [1.807, 2.05) is 30.3 Å². The first-order valence-corrected chi connectivity index (χ1v) is 7.08. The van der Waals surface area contributed by atoms with Crippen LogP contribution >= 0.6 is 11.8 Å². The van der Waals surface area contributed by atoms with Crippen LogP contribution in [0.3, 0.4) is 0 Å². The lowest BCUT2D eigenvalue weighted by molar-refractivity contribution is -0.142. The molecule has 3 rings (SSSR count). The second kappa shape index (κ2) is 4.74. The van der Waals surface area contributed by atoms with E-state index in [0.29, 0.717) is 18.7 Å². The van der Waals surface area contributed by atoms with Crippen molar-refractivity contribution < 1.29 is 9.59 Å². The number of fused-ring (bicyclic) bond motifs is 1. The number of amides is 2. The Morgan fingerprint density at radius 2 is 2.16 bits per heavy atom. The summed E-state index contributed by atoms with van der Waals surface area (Å²) in [6, 6.07) is 9.82. The molecule has 98 valence electrons. The fourth-order valence-electron chi connectivity index (χ4n) is 2.26. The zero-order valence-electron chi connectivity index (χ0n) is 10.6. The average Bonchev–Trinajstić information content (AvgIpc) is 2.75. The fraction of sp³-hybridized carbons (Fsp3) is 0.286. The van der Waals surface area contributed by atoms with E-state index < -0.39 is 0 Å². The predicted molar refractivity (Wildman–Crippen MR) is 73.8 cm³/mol. The Morgan fingerprint density at radius 1 is 1.42 bits per heavy atom. The van der Waals surface area contributed by atoms with Gasteiger partial charge in [-0.3, -0.25) is 14.5 Å². The van der Waals surface area contributed by atoms with E-state index in [1.54, 1.807) is 34.0 Å². The van der Waals surface area contributed by atoms with Crippen LogP contribution in [0.1, 0.15) is 12.0 Å². The second-order valence-corrected chi connectivity index (χ2v) is 5.76. The van der Waals surface area contributed by atoms with Crippen LogP contribution in [0.5, 0.6) is 0 Å². The summed E-state index contributed by atoms with van der Waals surface area (Å²) in [7, 11) is 1.76. The lowest BCUT2D eigenvalue weighted by atomic mass is 10.1. The maximum atomic E-state index is 12.3. The molecule has 1 aromatic rings. The molecule has 1 aromatic carbocycles. The number of β-lactam (4-membered cyclic amide) rings is 1. The van der Waals surface area contributed by atoms with Gasteiger partial charge in [0.2, 0.25) is 5.91 Å². The molecule has 1 atom stereocenters. The van der Waals surface area contributed by atoms with Crippen molar-refractivity contribution in [1.29, 1.82) is 0 Å². The van der Waals surface area contributed by atoms with E-state index in [2.05, 4.69) is 0 Å². The molecule has 2 heterocycles. The summed E-state index contributed by atoms with van der Waals surface area (Å²) < 4.78 is 0. The number of rotatable bonds is 3. The van der Waals surface area contributed by atoms with Gasteiger partial charge in [-0.1, -0.05) is 30.3 Å². The number of nitrogens with zero attached hydrogens (tertiary/aromatic N) is 2. The van der Waals surface area contributed by atoms with Crippen LogP contribution in [-0.4, -0.2) is 34.0 Å². The Hall–Kier alpha value is -1.75. The van der Waals surface area contributed by atoms with E-state index >= 15 is 0 Å². The normalized spacial score (nSPS) is 20.7. The molecule has 0 spiro atoms. The van der Waals surface area contributed by atoms with Gasteiger partial charge in [-0.2, -0.15) is 0 Å². The van der Waals surface area contributed by atoms with Crippen molar-refractivity contribution in [3.05, 3.63) is 47.0 Å². The van der Waals surface area contributed by atoms with Crippen LogP contribution in [0.15, 0.2) is 41.4 Å². The van der Waals surface area contributed by atoms with Gasteiger partial charge >= 0.3 is 0 Å². The average molecular weight is 274 g/mol. The molecule has 2 aliphatic rings. The van der Waals surface area contributed by atoms with Gasteiger partial charge in [-0.05, 0) is 5.56 Å². The summed E-state index contributed by atoms with van der Waals surface area (Å²) in [6.45, 7) is 0.550. The molecule has 0 radical (unpaired) electrons. The predicted octanol–water partition coefficient (Wildman–Crippen LogP) is 1.79. The van der Waals surface area contributed by atoms with Crippen molar-refractivity contribution in [3.8, 4) is 0 Å². The zero-order valence-corrected chi connectivity index (χ0v) is 11.4. The van der Waals surface area contributed by atoms with Gasteiger partial charge in [0.1, 0.15) is 5.70 Å². The SMILES string of the molecule is CN(Cc1ccccc1)C(=O)C1=CS[C@@H]2CC(=O)N12. The second-order valence-electron chi connectivity index (χ2n) is 4.71. The third kappa shape index (κ3) is 2.14. The summed E-state index contributed by atoms with van der Waals surface area (Å²) in [5, 5.41) is 1.95. The quantitative estimate of drug-likeness (QED) is 0.789. The Morgan fingerprint density at radius 3 is 2.84 bits per heavy atom. The number of hydrogen-bond acceptors (Lipinski definition) is 3. The smallest absolute Gasteiger partial charge is 0.271 e.